The lowest BCUT2D eigenvalue weighted by atomic mass is 9.82. The van der Waals surface area contributed by atoms with E-state index in [1.807, 2.05) is 36.4 Å². The maximum Gasteiger partial charge on any atom is 0.235 e. The first-order valence-corrected chi connectivity index (χ1v) is 23.8. The average molecular weight is 867 g/mol. The Bertz CT molecular complexity index is 1860. The summed E-state index contributed by atoms with van der Waals surface area (Å²) in [6.07, 6.45) is 24.4. The highest BCUT2D eigenvalue weighted by Crippen LogP contribution is 2.36. The van der Waals surface area contributed by atoms with Crippen molar-refractivity contribution in [3.05, 3.63) is 95.6 Å². The Labute approximate surface area is 376 Å². The Hall–Kier alpha value is -4.48. The predicted molar refractivity (Wildman–Crippen MR) is 253 cm³/mol. The first-order chi connectivity index (χ1) is 30.5. The van der Waals surface area contributed by atoms with Gasteiger partial charge in [0.25, 0.3) is 0 Å². The molecule has 0 aliphatic heterocycles. The number of benzene rings is 3. The van der Waals surface area contributed by atoms with Gasteiger partial charge in [0.2, 0.25) is 11.6 Å². The number of ether oxygens (including phenoxy) is 4. The van der Waals surface area contributed by atoms with Crippen LogP contribution in [0.1, 0.15) is 146 Å². The van der Waals surface area contributed by atoms with E-state index in [0.29, 0.717) is 48.5 Å². The molecule has 6 N–H and O–H groups in total. The molecule has 0 spiro atoms. The van der Waals surface area contributed by atoms with Crippen molar-refractivity contribution in [1.29, 1.82) is 0 Å². The molecule has 344 valence electrons. The maximum atomic E-state index is 13.5. The van der Waals surface area contributed by atoms with Gasteiger partial charge in [-0.15, -0.1) is 0 Å². The Morgan fingerprint density at radius 3 is 1.59 bits per heavy atom. The summed E-state index contributed by atoms with van der Waals surface area (Å²) >= 11 is 0. The van der Waals surface area contributed by atoms with Crippen molar-refractivity contribution in [1.82, 2.24) is 0 Å². The molecule has 1 atom stereocenters. The second kappa shape index (κ2) is 26.3. The second-order valence-corrected chi connectivity index (χ2v) is 17.8. The Morgan fingerprint density at radius 1 is 0.651 bits per heavy atom. The number of rotatable bonds is 27. The van der Waals surface area contributed by atoms with Crippen LogP contribution in [0.3, 0.4) is 0 Å². The SMILES string of the molecule is CCCCCCOC1CCC(COc2ccc(C=CC(=O)CC(c3ccc(N)cc3N)C(O)(O)C(=O)C=Cc3ccc(OCC4CCC(OCCCCCC)CC4)cc3)cc2)CC1. The number of aliphatic hydroxyl groups is 2. The minimum Gasteiger partial charge on any atom is -0.493 e. The van der Waals surface area contributed by atoms with Crippen molar-refractivity contribution in [2.75, 3.05) is 37.9 Å². The number of anilines is 2. The van der Waals surface area contributed by atoms with Gasteiger partial charge in [-0.25, -0.2) is 0 Å². The van der Waals surface area contributed by atoms with Crippen molar-refractivity contribution in [3.8, 4) is 11.5 Å². The van der Waals surface area contributed by atoms with Crippen LogP contribution in [0.15, 0.2) is 78.9 Å². The van der Waals surface area contributed by atoms with Crippen LogP contribution in [0.5, 0.6) is 11.5 Å². The zero-order chi connectivity index (χ0) is 44.9. The monoisotopic (exact) mass is 867 g/mol. The molecule has 0 saturated heterocycles. The lowest BCUT2D eigenvalue weighted by Gasteiger charge is -2.30. The molecular formula is C53H74N2O8. The van der Waals surface area contributed by atoms with E-state index in [1.165, 1.54) is 62.8 Å². The number of carbonyl (C=O) groups excluding carboxylic acids is 2. The quantitative estimate of drug-likeness (QED) is 0.0251. The molecular weight excluding hydrogens is 793 g/mol. The number of hydrogen-bond acceptors (Lipinski definition) is 10. The molecule has 3 aromatic carbocycles. The molecule has 2 saturated carbocycles. The maximum absolute atomic E-state index is 13.5. The highest BCUT2D eigenvalue weighted by Gasteiger charge is 2.43. The van der Waals surface area contributed by atoms with Gasteiger partial charge in [-0.05, 0) is 141 Å². The zero-order valence-corrected chi connectivity index (χ0v) is 37.9. The highest BCUT2D eigenvalue weighted by atomic mass is 16.5. The topological polar surface area (TPSA) is 164 Å². The fourth-order valence-corrected chi connectivity index (χ4v) is 8.57. The van der Waals surface area contributed by atoms with Crippen LogP contribution in [0.4, 0.5) is 11.4 Å². The number of carbonyl (C=O) groups is 2. The second-order valence-electron chi connectivity index (χ2n) is 17.8. The molecule has 2 aliphatic rings. The third kappa shape index (κ3) is 16.9. The van der Waals surface area contributed by atoms with E-state index in [4.69, 9.17) is 30.4 Å². The van der Waals surface area contributed by atoms with Crippen molar-refractivity contribution in [3.63, 3.8) is 0 Å². The fourth-order valence-electron chi connectivity index (χ4n) is 8.57. The lowest BCUT2D eigenvalue weighted by Crippen LogP contribution is -2.44. The molecule has 10 nitrogen and oxygen atoms in total. The third-order valence-corrected chi connectivity index (χ3v) is 12.7. The van der Waals surface area contributed by atoms with Gasteiger partial charge in [-0.2, -0.15) is 0 Å². The highest BCUT2D eigenvalue weighted by molar-refractivity contribution is 6.01. The molecule has 0 aromatic heterocycles. The fraction of sp³-hybridized carbons (Fsp3) is 0.547. The normalized spacial score (nSPS) is 19.9. The van der Waals surface area contributed by atoms with Crippen LogP contribution < -0.4 is 20.9 Å². The van der Waals surface area contributed by atoms with Crippen molar-refractivity contribution >= 4 is 35.1 Å². The van der Waals surface area contributed by atoms with Crippen LogP contribution in [-0.2, 0) is 19.1 Å². The van der Waals surface area contributed by atoms with Crippen LogP contribution >= 0.6 is 0 Å². The van der Waals surface area contributed by atoms with Gasteiger partial charge in [0.05, 0.1) is 31.3 Å². The van der Waals surface area contributed by atoms with Crippen molar-refractivity contribution in [2.45, 2.75) is 147 Å². The van der Waals surface area contributed by atoms with E-state index in [9.17, 15) is 19.8 Å². The third-order valence-electron chi connectivity index (χ3n) is 12.7. The van der Waals surface area contributed by atoms with Gasteiger partial charge in [0.15, 0.2) is 5.78 Å². The number of allylic oxidation sites excluding steroid dienone is 1. The number of nitrogens with two attached hydrogens (primary N) is 2. The van der Waals surface area contributed by atoms with Gasteiger partial charge >= 0.3 is 0 Å². The Morgan fingerprint density at radius 2 is 1.13 bits per heavy atom. The lowest BCUT2D eigenvalue weighted by molar-refractivity contribution is -0.187. The molecule has 0 heterocycles. The minimum absolute atomic E-state index is 0.144. The number of unbranched alkanes of at least 4 members (excludes halogenated alkanes) is 6. The molecule has 63 heavy (non-hydrogen) atoms. The van der Waals surface area contributed by atoms with Gasteiger partial charge in [-0.1, -0.05) is 94.9 Å². The molecule has 5 rings (SSSR count). The average Bonchev–Trinajstić information content (AvgIpc) is 3.29. The molecule has 2 aliphatic carbocycles. The van der Waals surface area contributed by atoms with Crippen molar-refractivity contribution < 1.29 is 38.7 Å². The standard InChI is InChI=1S/C53H74N2O8/c1-3-5-7-9-33-60-45-27-16-41(17-28-45)37-62-47-23-12-39(13-24-47)11-22-44(56)36-50(49-31-21-43(54)35-51(49)55)53(58,59)52(57)32-20-40-14-25-48(26-15-40)63-38-42-18-29-46(30-19-42)61-34-10-8-6-4-2/h11-15,20-26,31-32,35,41-42,45-46,50,58-59H,3-10,16-19,27-30,33-34,36-38,54-55H2,1-2H3. The zero-order valence-electron chi connectivity index (χ0n) is 37.9. The molecule has 2 fully saturated rings. The summed E-state index contributed by atoms with van der Waals surface area (Å²) < 4.78 is 24.4. The van der Waals surface area contributed by atoms with E-state index in [1.54, 1.807) is 24.3 Å². The molecule has 0 radical (unpaired) electrons. The number of hydrogen-bond donors (Lipinski definition) is 4. The van der Waals surface area contributed by atoms with E-state index in [0.717, 1.165) is 101 Å². The smallest absolute Gasteiger partial charge is 0.235 e. The summed E-state index contributed by atoms with van der Waals surface area (Å²) in [6.45, 7) is 7.45. The van der Waals surface area contributed by atoms with E-state index >= 15 is 0 Å². The summed E-state index contributed by atoms with van der Waals surface area (Å²) in [6, 6.07) is 19.3. The number of ketones is 2. The first kappa shape index (κ1) is 49.5. The van der Waals surface area contributed by atoms with Gasteiger partial charge in [0.1, 0.15) is 11.5 Å². The van der Waals surface area contributed by atoms with Gasteiger partial charge in [0, 0.05) is 31.0 Å². The molecule has 10 heteroatoms. The first-order valence-electron chi connectivity index (χ1n) is 23.8. The van der Waals surface area contributed by atoms with E-state index in [-0.39, 0.29) is 11.3 Å². The minimum atomic E-state index is -2.95. The molecule has 1 unspecified atom stereocenters. The molecule has 0 bridgehead atoms. The van der Waals surface area contributed by atoms with Gasteiger partial charge in [-0.3, -0.25) is 9.59 Å². The van der Waals surface area contributed by atoms with Gasteiger partial charge < -0.3 is 40.6 Å². The van der Waals surface area contributed by atoms with Crippen LogP contribution in [0, 0.1) is 11.8 Å². The van der Waals surface area contributed by atoms with Crippen LogP contribution in [0.25, 0.3) is 12.2 Å². The summed E-state index contributed by atoms with van der Waals surface area (Å²) in [4.78, 5) is 26.9. The van der Waals surface area contributed by atoms with E-state index in [2.05, 4.69) is 13.8 Å². The van der Waals surface area contributed by atoms with Crippen molar-refractivity contribution in [2.24, 2.45) is 11.8 Å². The van der Waals surface area contributed by atoms with Crippen LogP contribution in [-0.4, -0.2) is 66.2 Å². The van der Waals surface area contributed by atoms with Crippen LogP contribution in [0.2, 0.25) is 0 Å². The summed E-state index contributed by atoms with van der Waals surface area (Å²) in [5.41, 5.74) is 14.4. The summed E-state index contributed by atoms with van der Waals surface area (Å²) in [5.74, 6) is -3.27. The summed E-state index contributed by atoms with van der Waals surface area (Å²) in [5, 5.41) is 22.8. The largest absolute Gasteiger partial charge is 0.493 e. The molecule has 3 aromatic rings. The number of nitrogen functional groups attached to an aromatic ring is 2. The Kier molecular flexibility index (Phi) is 20.7. The summed E-state index contributed by atoms with van der Waals surface area (Å²) in [7, 11) is 0. The molecule has 0 amide bonds. The van der Waals surface area contributed by atoms with E-state index < -0.39 is 29.7 Å². The predicted octanol–water partition coefficient (Wildman–Crippen LogP) is 10.6. The Balaban J connectivity index is 1.09.